The number of rotatable bonds is 8. The highest BCUT2D eigenvalue weighted by atomic mass is 127. The van der Waals surface area contributed by atoms with Crippen LogP contribution in [0.15, 0.2) is 29.3 Å². The van der Waals surface area contributed by atoms with Gasteiger partial charge in [0, 0.05) is 32.2 Å². The molecule has 1 aromatic carbocycles. The summed E-state index contributed by atoms with van der Waals surface area (Å²) in [4.78, 5) is 14.9. The number of hydrogen-bond acceptors (Lipinski definition) is 4. The molecule has 1 aromatic rings. The Bertz CT molecular complexity index is 482. The summed E-state index contributed by atoms with van der Waals surface area (Å²) in [6.07, 6.45) is 0.991. The molecule has 0 saturated heterocycles. The largest absolute Gasteiger partial charge is 0.378 e. The number of halogens is 1. The van der Waals surface area contributed by atoms with Crippen LogP contribution in [0, 0.1) is 10.1 Å². The third-order valence-electron chi connectivity index (χ3n) is 2.67. The molecule has 0 fully saturated rings. The van der Waals surface area contributed by atoms with Crippen LogP contribution in [0.2, 0.25) is 0 Å². The summed E-state index contributed by atoms with van der Waals surface area (Å²) >= 11 is 0. The number of para-hydroxylation sites is 2. The van der Waals surface area contributed by atoms with E-state index < -0.39 is 0 Å². The first kappa shape index (κ1) is 20.4. The average Bonchev–Trinajstić information content (AvgIpc) is 2.49. The van der Waals surface area contributed by atoms with Crippen LogP contribution in [0.3, 0.4) is 0 Å². The van der Waals surface area contributed by atoms with E-state index in [0.717, 1.165) is 25.5 Å². The van der Waals surface area contributed by atoms with Crippen molar-refractivity contribution in [2.45, 2.75) is 20.3 Å². The highest BCUT2D eigenvalue weighted by Gasteiger charge is 2.11. The fraction of sp³-hybridized carbons (Fsp3) is 0.500. The molecule has 0 amide bonds. The Morgan fingerprint density at radius 3 is 2.59 bits per heavy atom. The van der Waals surface area contributed by atoms with Gasteiger partial charge in [-0.2, -0.15) is 0 Å². The van der Waals surface area contributed by atoms with E-state index in [2.05, 4.69) is 27.9 Å². The monoisotopic (exact) mass is 421 g/mol. The Labute approximate surface area is 148 Å². The molecule has 124 valence electrons. The van der Waals surface area contributed by atoms with Gasteiger partial charge in [0.05, 0.1) is 4.92 Å². The smallest absolute Gasteiger partial charge is 0.292 e. The number of nitro groups is 1. The van der Waals surface area contributed by atoms with Crippen LogP contribution >= 0.6 is 24.0 Å². The van der Waals surface area contributed by atoms with Crippen LogP contribution in [0.1, 0.15) is 20.3 Å². The quantitative estimate of drug-likeness (QED) is 0.150. The van der Waals surface area contributed by atoms with Gasteiger partial charge in [-0.1, -0.05) is 19.1 Å². The summed E-state index contributed by atoms with van der Waals surface area (Å²) < 4.78 is 0. The Kier molecular flexibility index (Phi) is 11.2. The van der Waals surface area contributed by atoms with E-state index in [1.165, 1.54) is 6.07 Å². The molecule has 0 heterocycles. The molecule has 0 saturated carbocycles. The van der Waals surface area contributed by atoms with Crippen LogP contribution in [0.4, 0.5) is 11.4 Å². The van der Waals surface area contributed by atoms with Crippen molar-refractivity contribution in [3.8, 4) is 0 Å². The number of nitrogens with zero attached hydrogens (tertiary/aromatic N) is 2. The maximum atomic E-state index is 10.9. The first-order valence-corrected chi connectivity index (χ1v) is 7.18. The van der Waals surface area contributed by atoms with Crippen molar-refractivity contribution in [3.05, 3.63) is 34.4 Å². The molecule has 3 N–H and O–H groups in total. The highest BCUT2D eigenvalue weighted by Crippen LogP contribution is 2.22. The Hall–Kier alpha value is -1.58. The third-order valence-corrected chi connectivity index (χ3v) is 2.67. The molecule has 8 heteroatoms. The van der Waals surface area contributed by atoms with Crippen LogP contribution in [-0.4, -0.2) is 37.1 Å². The van der Waals surface area contributed by atoms with Crippen LogP contribution in [0.5, 0.6) is 0 Å². The first-order chi connectivity index (χ1) is 10.2. The maximum absolute atomic E-state index is 10.9. The molecule has 0 bridgehead atoms. The normalized spacial score (nSPS) is 10.5. The van der Waals surface area contributed by atoms with Crippen molar-refractivity contribution in [1.82, 2.24) is 10.6 Å². The molecule has 0 aromatic heterocycles. The van der Waals surface area contributed by atoms with Gasteiger partial charge in [-0.15, -0.1) is 24.0 Å². The number of aliphatic imine (C=N–C) groups is 1. The van der Waals surface area contributed by atoms with Gasteiger partial charge in [0.1, 0.15) is 5.69 Å². The minimum Gasteiger partial charge on any atom is -0.378 e. The number of nitrogens with one attached hydrogen (secondary N) is 3. The van der Waals surface area contributed by atoms with Gasteiger partial charge < -0.3 is 16.0 Å². The maximum Gasteiger partial charge on any atom is 0.292 e. The summed E-state index contributed by atoms with van der Waals surface area (Å²) in [6, 6.07) is 6.62. The number of anilines is 1. The van der Waals surface area contributed by atoms with E-state index in [1.807, 2.05) is 6.92 Å². The Morgan fingerprint density at radius 1 is 1.23 bits per heavy atom. The topological polar surface area (TPSA) is 91.6 Å². The van der Waals surface area contributed by atoms with E-state index in [-0.39, 0.29) is 34.6 Å². The van der Waals surface area contributed by atoms with Crippen molar-refractivity contribution < 1.29 is 4.92 Å². The second-order valence-electron chi connectivity index (χ2n) is 4.39. The van der Waals surface area contributed by atoms with Gasteiger partial charge in [-0.25, -0.2) is 0 Å². The molecule has 0 atom stereocenters. The summed E-state index contributed by atoms with van der Waals surface area (Å²) in [7, 11) is 0. The summed E-state index contributed by atoms with van der Waals surface area (Å²) in [6.45, 7) is 6.85. The standard InChI is InChI=1S/C14H23N5O2.HI/c1-3-9-17-14(15-4-2)18-11-10-16-12-7-5-6-8-13(12)19(20)21;/h5-8,16H,3-4,9-11H2,1-2H3,(H2,15,17,18);1H. The molecule has 0 aliphatic heterocycles. The predicted octanol–water partition coefficient (Wildman–Crippen LogP) is 2.59. The van der Waals surface area contributed by atoms with Crippen molar-refractivity contribution in [2.24, 2.45) is 4.99 Å². The zero-order chi connectivity index (χ0) is 15.5. The highest BCUT2D eigenvalue weighted by molar-refractivity contribution is 14.0. The summed E-state index contributed by atoms with van der Waals surface area (Å²) in [5, 5.41) is 20.3. The van der Waals surface area contributed by atoms with Gasteiger partial charge in [0.2, 0.25) is 0 Å². The third kappa shape index (κ3) is 7.43. The van der Waals surface area contributed by atoms with E-state index >= 15 is 0 Å². The fourth-order valence-corrected chi connectivity index (χ4v) is 1.73. The zero-order valence-electron chi connectivity index (χ0n) is 13.0. The second-order valence-corrected chi connectivity index (χ2v) is 4.39. The Balaban J connectivity index is 0.00000441. The molecule has 0 aliphatic rings. The van der Waals surface area contributed by atoms with Gasteiger partial charge in [-0.3, -0.25) is 15.1 Å². The summed E-state index contributed by atoms with van der Waals surface area (Å²) in [5.74, 6) is 0.767. The zero-order valence-corrected chi connectivity index (χ0v) is 15.3. The minimum atomic E-state index is -0.386. The van der Waals surface area contributed by atoms with Crippen molar-refractivity contribution in [1.29, 1.82) is 0 Å². The van der Waals surface area contributed by atoms with Crippen LogP contribution < -0.4 is 16.0 Å². The Morgan fingerprint density at radius 2 is 1.95 bits per heavy atom. The first-order valence-electron chi connectivity index (χ1n) is 7.18. The predicted molar refractivity (Wildman–Crippen MR) is 101 cm³/mol. The molecule has 0 aliphatic carbocycles. The van der Waals surface area contributed by atoms with Crippen molar-refractivity contribution >= 4 is 41.3 Å². The number of benzene rings is 1. The van der Waals surface area contributed by atoms with Crippen molar-refractivity contribution in [3.63, 3.8) is 0 Å². The average molecular weight is 421 g/mol. The molecule has 0 spiro atoms. The van der Waals surface area contributed by atoms with Gasteiger partial charge in [-0.05, 0) is 19.4 Å². The van der Waals surface area contributed by atoms with Crippen molar-refractivity contribution in [2.75, 3.05) is 31.5 Å². The van der Waals surface area contributed by atoms with Crippen LogP contribution in [-0.2, 0) is 0 Å². The van der Waals surface area contributed by atoms with Crippen LogP contribution in [0.25, 0.3) is 0 Å². The van der Waals surface area contributed by atoms with E-state index in [1.54, 1.807) is 18.2 Å². The van der Waals surface area contributed by atoms with E-state index in [0.29, 0.717) is 18.8 Å². The molecule has 0 radical (unpaired) electrons. The number of guanidine groups is 1. The lowest BCUT2D eigenvalue weighted by Gasteiger charge is -2.12. The summed E-state index contributed by atoms with van der Waals surface area (Å²) in [5.41, 5.74) is 0.615. The molecule has 1 rings (SSSR count). The molecule has 22 heavy (non-hydrogen) atoms. The molecular formula is C14H24IN5O2. The van der Waals surface area contributed by atoms with E-state index in [9.17, 15) is 10.1 Å². The van der Waals surface area contributed by atoms with Gasteiger partial charge >= 0.3 is 0 Å². The van der Waals surface area contributed by atoms with E-state index in [4.69, 9.17) is 0 Å². The second kappa shape index (κ2) is 12.0. The lowest BCUT2D eigenvalue weighted by atomic mass is 10.2. The fourth-order valence-electron chi connectivity index (χ4n) is 1.73. The molecule has 7 nitrogen and oxygen atoms in total. The lowest BCUT2D eigenvalue weighted by Crippen LogP contribution is -2.39. The minimum absolute atomic E-state index is 0. The number of hydrogen-bond donors (Lipinski definition) is 3. The molecule has 0 unspecified atom stereocenters. The van der Waals surface area contributed by atoms with Gasteiger partial charge in [0.25, 0.3) is 5.69 Å². The number of nitro benzene ring substituents is 1. The molecular weight excluding hydrogens is 397 g/mol. The lowest BCUT2D eigenvalue weighted by molar-refractivity contribution is -0.384. The van der Waals surface area contributed by atoms with Gasteiger partial charge in [0.15, 0.2) is 5.96 Å². The SMILES string of the molecule is CCCN=C(NCC)NCCNc1ccccc1[N+](=O)[O-].I.